The van der Waals surface area contributed by atoms with Crippen LogP contribution in [0.2, 0.25) is 0 Å². The van der Waals surface area contributed by atoms with E-state index in [0.29, 0.717) is 0 Å². The molecule has 1 aromatic carbocycles. The Hall–Kier alpha value is -1.76. The molecule has 2 heterocycles. The van der Waals surface area contributed by atoms with Gasteiger partial charge in [-0.3, -0.25) is 9.69 Å². The van der Waals surface area contributed by atoms with Crippen LogP contribution in [0.3, 0.4) is 0 Å². The van der Waals surface area contributed by atoms with Crippen molar-refractivity contribution in [2.45, 2.75) is 39.4 Å². The number of amides is 1. The monoisotopic (exact) mass is 358 g/mol. The van der Waals surface area contributed by atoms with Crippen LogP contribution in [-0.2, 0) is 24.4 Å². The summed E-state index contributed by atoms with van der Waals surface area (Å²) in [5, 5.41) is 4.59. The van der Waals surface area contributed by atoms with Crippen molar-refractivity contribution in [2.24, 2.45) is 11.7 Å². The van der Waals surface area contributed by atoms with Gasteiger partial charge in [0.15, 0.2) is 0 Å². The first kappa shape index (κ1) is 18.0. The Bertz CT molecular complexity index is 715. The van der Waals surface area contributed by atoms with Gasteiger partial charge in [0.1, 0.15) is 0 Å². The molecule has 1 saturated heterocycles. The predicted octanol–water partition coefficient (Wildman–Crippen LogP) is 2.44. The standard InChI is InChI=1S/C19H26N4OS/c1-14-22-11-18(25-14)10-21-9-15-4-2-5-16(8-15)12-23-7-3-6-17(13-23)19(20)24/h2,4-5,8,11,17,21H,3,6-7,9-10,12-13H2,1H3,(H2,20,24). The molecule has 134 valence electrons. The highest BCUT2D eigenvalue weighted by Gasteiger charge is 2.23. The number of likely N-dealkylation sites (tertiary alicyclic amines) is 1. The van der Waals surface area contributed by atoms with Crippen LogP contribution in [-0.4, -0.2) is 28.9 Å². The highest BCUT2D eigenvalue weighted by molar-refractivity contribution is 7.11. The number of hydrogen-bond acceptors (Lipinski definition) is 5. The van der Waals surface area contributed by atoms with E-state index in [4.69, 9.17) is 5.73 Å². The minimum atomic E-state index is -0.166. The molecule has 1 atom stereocenters. The van der Waals surface area contributed by atoms with Gasteiger partial charge in [0.25, 0.3) is 0 Å². The summed E-state index contributed by atoms with van der Waals surface area (Å²) in [6, 6.07) is 8.66. The van der Waals surface area contributed by atoms with Crippen LogP contribution < -0.4 is 11.1 Å². The second-order valence-corrected chi connectivity index (χ2v) is 8.07. The van der Waals surface area contributed by atoms with Crippen molar-refractivity contribution in [2.75, 3.05) is 13.1 Å². The van der Waals surface area contributed by atoms with Crippen LogP contribution >= 0.6 is 11.3 Å². The number of thiazole rings is 1. The number of benzene rings is 1. The minimum absolute atomic E-state index is 0.00135. The molecule has 2 aromatic rings. The average molecular weight is 359 g/mol. The Morgan fingerprint density at radius 3 is 3.00 bits per heavy atom. The van der Waals surface area contributed by atoms with E-state index in [1.807, 2.05) is 13.1 Å². The number of aryl methyl sites for hydroxylation is 1. The number of rotatable bonds is 7. The van der Waals surface area contributed by atoms with Gasteiger partial charge >= 0.3 is 0 Å². The average Bonchev–Trinajstić information content (AvgIpc) is 3.01. The third-order valence-corrected chi connectivity index (χ3v) is 5.52. The summed E-state index contributed by atoms with van der Waals surface area (Å²) < 4.78 is 0. The first-order valence-electron chi connectivity index (χ1n) is 8.81. The molecule has 3 rings (SSSR count). The molecule has 0 spiro atoms. The summed E-state index contributed by atoms with van der Waals surface area (Å²) in [5.41, 5.74) is 8.04. The first-order chi connectivity index (χ1) is 12.1. The van der Waals surface area contributed by atoms with Crippen LogP contribution in [0.1, 0.15) is 33.9 Å². The Morgan fingerprint density at radius 2 is 2.24 bits per heavy atom. The third kappa shape index (κ3) is 5.36. The van der Waals surface area contributed by atoms with E-state index in [1.54, 1.807) is 11.3 Å². The van der Waals surface area contributed by atoms with Crippen LogP contribution in [0.4, 0.5) is 0 Å². The lowest BCUT2D eigenvalue weighted by atomic mass is 9.97. The Kier molecular flexibility index (Phi) is 6.18. The fourth-order valence-electron chi connectivity index (χ4n) is 3.34. The topological polar surface area (TPSA) is 71.2 Å². The van der Waals surface area contributed by atoms with Gasteiger partial charge in [0.2, 0.25) is 5.91 Å². The number of nitrogens with one attached hydrogen (secondary N) is 1. The third-order valence-electron chi connectivity index (χ3n) is 4.60. The Labute approximate surface area is 153 Å². The molecule has 1 aliphatic heterocycles. The summed E-state index contributed by atoms with van der Waals surface area (Å²) in [6.07, 6.45) is 3.91. The number of aromatic nitrogens is 1. The second kappa shape index (κ2) is 8.56. The van der Waals surface area contributed by atoms with Crippen molar-refractivity contribution in [3.8, 4) is 0 Å². The zero-order valence-corrected chi connectivity index (χ0v) is 15.5. The molecule has 1 unspecified atom stereocenters. The normalized spacial score (nSPS) is 18.4. The van der Waals surface area contributed by atoms with Crippen molar-refractivity contribution >= 4 is 17.2 Å². The molecule has 1 aliphatic rings. The molecule has 5 nitrogen and oxygen atoms in total. The quantitative estimate of drug-likeness (QED) is 0.797. The summed E-state index contributed by atoms with van der Waals surface area (Å²) >= 11 is 1.73. The van der Waals surface area contributed by atoms with Crippen molar-refractivity contribution < 1.29 is 4.79 Å². The number of carbonyl (C=O) groups is 1. The van der Waals surface area contributed by atoms with Gasteiger partial charge in [-0.2, -0.15) is 0 Å². The Balaban J connectivity index is 1.51. The SMILES string of the molecule is Cc1ncc(CNCc2cccc(CN3CCCC(C(N)=O)C3)c2)s1. The molecule has 6 heteroatoms. The van der Waals surface area contributed by atoms with Gasteiger partial charge < -0.3 is 11.1 Å². The molecule has 1 fully saturated rings. The van der Waals surface area contributed by atoms with E-state index >= 15 is 0 Å². The largest absolute Gasteiger partial charge is 0.369 e. The number of hydrogen-bond donors (Lipinski definition) is 2. The molecule has 1 aromatic heterocycles. The number of primary amides is 1. The highest BCUT2D eigenvalue weighted by atomic mass is 32.1. The van der Waals surface area contributed by atoms with E-state index in [0.717, 1.165) is 50.6 Å². The van der Waals surface area contributed by atoms with Crippen molar-refractivity contribution in [1.29, 1.82) is 0 Å². The van der Waals surface area contributed by atoms with Gasteiger partial charge in [-0.15, -0.1) is 11.3 Å². The molecule has 0 saturated carbocycles. The maximum Gasteiger partial charge on any atom is 0.221 e. The van der Waals surface area contributed by atoms with Crippen molar-refractivity contribution in [3.05, 3.63) is 51.5 Å². The lowest BCUT2D eigenvalue weighted by molar-refractivity contribution is -0.123. The van der Waals surface area contributed by atoms with Crippen LogP contribution in [0.15, 0.2) is 30.5 Å². The number of nitrogens with zero attached hydrogens (tertiary/aromatic N) is 2. The molecular weight excluding hydrogens is 332 g/mol. The van der Waals surface area contributed by atoms with Gasteiger partial charge in [-0.1, -0.05) is 24.3 Å². The fraction of sp³-hybridized carbons (Fsp3) is 0.474. The predicted molar refractivity (Wildman–Crippen MR) is 101 cm³/mol. The van der Waals surface area contributed by atoms with Gasteiger partial charge in [-0.05, 0) is 37.4 Å². The smallest absolute Gasteiger partial charge is 0.221 e. The van der Waals surface area contributed by atoms with Crippen LogP contribution in [0.5, 0.6) is 0 Å². The van der Waals surface area contributed by atoms with E-state index in [2.05, 4.69) is 39.5 Å². The van der Waals surface area contributed by atoms with Gasteiger partial charge in [0, 0.05) is 37.3 Å². The first-order valence-corrected chi connectivity index (χ1v) is 9.63. The number of nitrogens with two attached hydrogens (primary N) is 1. The highest BCUT2D eigenvalue weighted by Crippen LogP contribution is 2.19. The minimum Gasteiger partial charge on any atom is -0.369 e. The maximum atomic E-state index is 11.4. The molecule has 1 amide bonds. The summed E-state index contributed by atoms with van der Waals surface area (Å²) in [6.45, 7) is 6.42. The lowest BCUT2D eigenvalue weighted by Crippen LogP contribution is -2.40. The maximum absolute atomic E-state index is 11.4. The summed E-state index contributed by atoms with van der Waals surface area (Å²) in [4.78, 5) is 19.3. The van der Waals surface area contributed by atoms with Crippen molar-refractivity contribution in [1.82, 2.24) is 15.2 Å². The molecular formula is C19H26N4OS. The Morgan fingerprint density at radius 1 is 1.40 bits per heavy atom. The zero-order chi connectivity index (χ0) is 17.6. The second-order valence-electron chi connectivity index (χ2n) is 6.75. The van der Waals surface area contributed by atoms with E-state index in [1.165, 1.54) is 16.0 Å². The van der Waals surface area contributed by atoms with Gasteiger partial charge in [-0.25, -0.2) is 4.98 Å². The lowest BCUT2D eigenvalue weighted by Gasteiger charge is -2.31. The molecule has 0 bridgehead atoms. The summed E-state index contributed by atoms with van der Waals surface area (Å²) in [5.74, 6) is -0.164. The molecule has 0 aliphatic carbocycles. The molecule has 25 heavy (non-hydrogen) atoms. The fourth-order valence-corrected chi connectivity index (χ4v) is 4.11. The van der Waals surface area contributed by atoms with Crippen molar-refractivity contribution in [3.63, 3.8) is 0 Å². The van der Waals surface area contributed by atoms with E-state index in [9.17, 15) is 4.79 Å². The number of carbonyl (C=O) groups excluding carboxylic acids is 1. The summed E-state index contributed by atoms with van der Waals surface area (Å²) in [7, 11) is 0. The molecule has 0 radical (unpaired) electrons. The van der Waals surface area contributed by atoms with Gasteiger partial charge in [0.05, 0.1) is 10.9 Å². The zero-order valence-electron chi connectivity index (χ0n) is 14.7. The van der Waals surface area contributed by atoms with E-state index in [-0.39, 0.29) is 11.8 Å². The van der Waals surface area contributed by atoms with Crippen LogP contribution in [0.25, 0.3) is 0 Å². The van der Waals surface area contributed by atoms with Crippen LogP contribution in [0, 0.1) is 12.8 Å². The van der Waals surface area contributed by atoms with E-state index < -0.39 is 0 Å². The molecule has 3 N–H and O–H groups in total. The number of piperidine rings is 1.